The SMILES string of the molecule is O=C(CN1CCC(=O)NC1=O)NC[C@@H]1CN(CCF)CC[C@@H]1c1ccc(F)cc1. The van der Waals surface area contributed by atoms with E-state index in [2.05, 4.69) is 10.6 Å². The van der Waals surface area contributed by atoms with Crippen LogP contribution in [0.25, 0.3) is 0 Å². The van der Waals surface area contributed by atoms with Crippen LogP contribution in [0.4, 0.5) is 13.6 Å². The van der Waals surface area contributed by atoms with Gasteiger partial charge in [0.05, 0.1) is 0 Å². The van der Waals surface area contributed by atoms with E-state index in [0.29, 0.717) is 19.6 Å². The van der Waals surface area contributed by atoms with Crippen LogP contribution in [-0.2, 0) is 9.59 Å². The summed E-state index contributed by atoms with van der Waals surface area (Å²) in [6.07, 6.45) is 0.968. The normalized spacial score (nSPS) is 23.0. The Bertz CT molecular complexity index is 744. The van der Waals surface area contributed by atoms with Gasteiger partial charge in [0.25, 0.3) is 0 Å². The molecule has 0 saturated carbocycles. The number of amides is 4. The standard InChI is InChI=1S/C20H26F2N4O3/c21-7-10-25-8-5-17(14-1-3-16(22)4-2-14)15(12-25)11-23-19(28)13-26-9-6-18(27)24-20(26)29/h1-4,15,17H,5-13H2,(H,23,28)(H,24,27,29)/t15-,17-/m1/s1. The molecule has 2 heterocycles. The molecule has 29 heavy (non-hydrogen) atoms. The maximum Gasteiger partial charge on any atom is 0.324 e. The van der Waals surface area contributed by atoms with Crippen LogP contribution in [0.2, 0.25) is 0 Å². The lowest BCUT2D eigenvalue weighted by molar-refractivity contribution is -0.125. The Kier molecular flexibility index (Phi) is 7.13. The molecule has 0 aromatic heterocycles. The van der Waals surface area contributed by atoms with Crippen LogP contribution >= 0.6 is 0 Å². The van der Waals surface area contributed by atoms with Crippen molar-refractivity contribution in [2.75, 3.05) is 45.9 Å². The lowest BCUT2D eigenvalue weighted by Gasteiger charge is -2.39. The Labute approximate surface area is 168 Å². The largest absolute Gasteiger partial charge is 0.354 e. The first-order chi connectivity index (χ1) is 14.0. The molecule has 2 N–H and O–H groups in total. The van der Waals surface area contributed by atoms with Crippen LogP contribution in [0.5, 0.6) is 0 Å². The summed E-state index contributed by atoms with van der Waals surface area (Å²) >= 11 is 0. The topological polar surface area (TPSA) is 81.8 Å². The van der Waals surface area contributed by atoms with Crippen molar-refractivity contribution >= 4 is 17.8 Å². The summed E-state index contributed by atoms with van der Waals surface area (Å²) in [4.78, 5) is 38.6. The molecule has 1 aromatic carbocycles. The lowest BCUT2D eigenvalue weighted by Crippen LogP contribution is -2.53. The molecule has 0 radical (unpaired) electrons. The third-order valence-corrected chi connectivity index (χ3v) is 5.56. The molecule has 2 atom stereocenters. The van der Waals surface area contributed by atoms with Gasteiger partial charge in [0, 0.05) is 32.6 Å². The second-order valence-electron chi connectivity index (χ2n) is 7.53. The lowest BCUT2D eigenvalue weighted by atomic mass is 9.80. The van der Waals surface area contributed by atoms with E-state index >= 15 is 0 Å². The predicted octanol–water partition coefficient (Wildman–Crippen LogP) is 1.26. The van der Waals surface area contributed by atoms with Crippen molar-refractivity contribution in [2.24, 2.45) is 5.92 Å². The minimum absolute atomic E-state index is 0.0430. The highest BCUT2D eigenvalue weighted by Crippen LogP contribution is 2.32. The predicted molar refractivity (Wildman–Crippen MR) is 102 cm³/mol. The van der Waals surface area contributed by atoms with Crippen molar-refractivity contribution in [1.29, 1.82) is 0 Å². The molecule has 3 rings (SSSR count). The highest BCUT2D eigenvalue weighted by molar-refractivity contribution is 5.98. The van der Waals surface area contributed by atoms with Gasteiger partial charge in [-0.1, -0.05) is 12.1 Å². The van der Waals surface area contributed by atoms with Gasteiger partial charge in [0.1, 0.15) is 19.0 Å². The highest BCUT2D eigenvalue weighted by atomic mass is 19.1. The first kappa shape index (κ1) is 21.2. The summed E-state index contributed by atoms with van der Waals surface area (Å²) in [6, 6.07) is 5.81. The number of nitrogens with one attached hydrogen (secondary N) is 2. The average Bonchev–Trinajstić information content (AvgIpc) is 2.70. The average molecular weight is 408 g/mol. The van der Waals surface area contributed by atoms with Crippen LogP contribution < -0.4 is 10.6 Å². The fourth-order valence-electron chi connectivity index (χ4n) is 4.01. The summed E-state index contributed by atoms with van der Waals surface area (Å²) in [5.74, 6) is -0.783. The van der Waals surface area contributed by atoms with Crippen LogP contribution in [0.3, 0.4) is 0 Å². The van der Waals surface area contributed by atoms with Crippen molar-refractivity contribution < 1.29 is 23.2 Å². The van der Waals surface area contributed by atoms with Crippen LogP contribution in [0.15, 0.2) is 24.3 Å². The number of likely N-dealkylation sites (tertiary alicyclic amines) is 1. The van der Waals surface area contributed by atoms with Crippen LogP contribution in [-0.4, -0.2) is 73.6 Å². The molecule has 0 aliphatic carbocycles. The number of rotatable bonds is 7. The number of urea groups is 1. The number of alkyl halides is 1. The number of carbonyl (C=O) groups excluding carboxylic acids is 3. The van der Waals surface area contributed by atoms with Crippen molar-refractivity contribution in [3.05, 3.63) is 35.6 Å². The fourth-order valence-corrected chi connectivity index (χ4v) is 4.01. The number of benzene rings is 1. The number of hydrogen-bond donors (Lipinski definition) is 2. The van der Waals surface area contributed by atoms with Gasteiger partial charge in [-0.05, 0) is 42.5 Å². The van der Waals surface area contributed by atoms with Gasteiger partial charge >= 0.3 is 6.03 Å². The molecular weight excluding hydrogens is 382 g/mol. The molecule has 0 spiro atoms. The van der Waals surface area contributed by atoms with Gasteiger partial charge in [0.15, 0.2) is 0 Å². The van der Waals surface area contributed by atoms with E-state index in [4.69, 9.17) is 0 Å². The Hall–Kier alpha value is -2.55. The molecule has 2 saturated heterocycles. The van der Waals surface area contributed by atoms with E-state index in [1.807, 2.05) is 4.90 Å². The van der Waals surface area contributed by atoms with Gasteiger partial charge in [0.2, 0.25) is 11.8 Å². The number of imide groups is 1. The molecule has 9 heteroatoms. The molecule has 7 nitrogen and oxygen atoms in total. The van der Waals surface area contributed by atoms with Crippen molar-refractivity contribution in [3.8, 4) is 0 Å². The Morgan fingerprint density at radius 3 is 2.66 bits per heavy atom. The van der Waals surface area contributed by atoms with Crippen molar-refractivity contribution in [2.45, 2.75) is 18.8 Å². The molecular formula is C20H26F2N4O3. The maximum absolute atomic E-state index is 13.3. The van der Waals surface area contributed by atoms with E-state index in [-0.39, 0.29) is 49.0 Å². The number of carbonyl (C=O) groups is 3. The van der Waals surface area contributed by atoms with E-state index in [0.717, 1.165) is 18.5 Å². The highest BCUT2D eigenvalue weighted by Gasteiger charge is 2.31. The monoisotopic (exact) mass is 408 g/mol. The molecule has 2 aliphatic rings. The molecule has 0 unspecified atom stereocenters. The smallest absolute Gasteiger partial charge is 0.324 e. The third-order valence-electron chi connectivity index (χ3n) is 5.56. The Morgan fingerprint density at radius 2 is 1.97 bits per heavy atom. The summed E-state index contributed by atoms with van der Waals surface area (Å²) in [6.45, 7) is 1.76. The van der Waals surface area contributed by atoms with Gasteiger partial charge in [-0.25, -0.2) is 13.6 Å². The van der Waals surface area contributed by atoms with E-state index in [9.17, 15) is 23.2 Å². The second kappa shape index (κ2) is 9.78. The zero-order chi connectivity index (χ0) is 20.8. The summed E-state index contributed by atoms with van der Waals surface area (Å²) in [5.41, 5.74) is 1.000. The summed E-state index contributed by atoms with van der Waals surface area (Å²) < 4.78 is 26.1. The molecule has 158 valence electrons. The van der Waals surface area contributed by atoms with E-state index in [1.54, 1.807) is 12.1 Å². The number of hydrogen-bond acceptors (Lipinski definition) is 4. The van der Waals surface area contributed by atoms with Crippen molar-refractivity contribution in [1.82, 2.24) is 20.4 Å². The number of nitrogens with zero attached hydrogens (tertiary/aromatic N) is 2. The Morgan fingerprint density at radius 1 is 1.21 bits per heavy atom. The Balaban J connectivity index is 1.59. The maximum atomic E-state index is 13.3. The van der Waals surface area contributed by atoms with Gasteiger partial charge in [-0.2, -0.15) is 0 Å². The van der Waals surface area contributed by atoms with Crippen LogP contribution in [0.1, 0.15) is 24.3 Å². The zero-order valence-corrected chi connectivity index (χ0v) is 16.2. The van der Waals surface area contributed by atoms with Crippen molar-refractivity contribution in [3.63, 3.8) is 0 Å². The fraction of sp³-hybridized carbons (Fsp3) is 0.550. The second-order valence-corrected chi connectivity index (χ2v) is 7.53. The van der Waals surface area contributed by atoms with Crippen LogP contribution in [0, 0.1) is 11.7 Å². The summed E-state index contributed by atoms with van der Waals surface area (Å²) in [5, 5.41) is 5.05. The zero-order valence-electron chi connectivity index (χ0n) is 16.2. The molecule has 1 aromatic rings. The first-order valence-corrected chi connectivity index (χ1v) is 9.85. The first-order valence-electron chi connectivity index (χ1n) is 9.85. The minimum Gasteiger partial charge on any atom is -0.354 e. The van der Waals surface area contributed by atoms with E-state index in [1.165, 1.54) is 17.0 Å². The molecule has 4 amide bonds. The van der Waals surface area contributed by atoms with E-state index < -0.39 is 12.7 Å². The number of halogens is 2. The summed E-state index contributed by atoms with van der Waals surface area (Å²) in [7, 11) is 0. The molecule has 2 fully saturated rings. The number of piperidine rings is 1. The molecule has 0 bridgehead atoms. The van der Waals surface area contributed by atoms with Gasteiger partial charge in [-0.3, -0.25) is 14.9 Å². The quantitative estimate of drug-likeness (QED) is 0.712. The third kappa shape index (κ3) is 5.72. The molecule has 2 aliphatic heterocycles. The minimum atomic E-state index is -0.563. The van der Waals surface area contributed by atoms with Gasteiger partial charge in [-0.15, -0.1) is 0 Å². The van der Waals surface area contributed by atoms with Gasteiger partial charge < -0.3 is 15.1 Å².